The Balaban J connectivity index is 1.89. The number of fused-ring (bicyclic) bond motifs is 1. The third kappa shape index (κ3) is 2.91. The molecule has 0 fully saturated rings. The number of non-ortho nitro benzene ring substituents is 1. The predicted octanol–water partition coefficient (Wildman–Crippen LogP) is 3.68. The Hall–Kier alpha value is -4.00. The number of hydrogen-bond acceptors (Lipinski definition) is 5. The summed E-state index contributed by atoms with van der Waals surface area (Å²) in [5.74, 6) is -0.237. The first-order valence-corrected chi connectivity index (χ1v) is 8.04. The third-order valence-corrected chi connectivity index (χ3v) is 4.30. The lowest BCUT2D eigenvalue weighted by Crippen LogP contribution is -2.06. The summed E-state index contributed by atoms with van der Waals surface area (Å²) in [4.78, 5) is 35.1. The van der Waals surface area contributed by atoms with E-state index in [1.807, 2.05) is 12.1 Å². The van der Waals surface area contributed by atoms with Gasteiger partial charge in [0, 0.05) is 23.3 Å². The number of nitrogens with zero attached hydrogens (tertiary/aromatic N) is 1. The van der Waals surface area contributed by atoms with Gasteiger partial charge in [-0.1, -0.05) is 42.5 Å². The molecule has 0 radical (unpaired) electrons. The molecule has 2 aromatic carbocycles. The molecule has 4 rings (SSSR count). The highest BCUT2D eigenvalue weighted by Gasteiger charge is 2.21. The number of allylic oxidation sites excluding steroid dienone is 2. The molecular formula is C20H12N2O5. The normalized spacial score (nSPS) is 14.4. The van der Waals surface area contributed by atoms with Crippen LogP contribution in [-0.4, -0.2) is 15.9 Å². The van der Waals surface area contributed by atoms with E-state index in [1.54, 1.807) is 24.3 Å². The molecule has 0 amide bonds. The molecule has 1 heterocycles. The average Bonchev–Trinajstić information content (AvgIpc) is 3.04. The number of H-pyrrole nitrogens is 1. The summed E-state index contributed by atoms with van der Waals surface area (Å²) in [5, 5.41) is 13.5. The summed E-state index contributed by atoms with van der Waals surface area (Å²) in [5.41, 5.74) is 1.95. The molecule has 7 heteroatoms. The van der Waals surface area contributed by atoms with Crippen molar-refractivity contribution in [2.24, 2.45) is 0 Å². The van der Waals surface area contributed by atoms with Gasteiger partial charge >= 0.3 is 5.63 Å². The van der Waals surface area contributed by atoms with Crippen molar-refractivity contribution in [1.29, 1.82) is 0 Å². The van der Waals surface area contributed by atoms with Crippen LogP contribution in [0.2, 0.25) is 0 Å². The van der Waals surface area contributed by atoms with Crippen LogP contribution < -0.4 is 5.63 Å². The first-order chi connectivity index (χ1) is 13.0. The highest BCUT2D eigenvalue weighted by atomic mass is 16.6. The second kappa shape index (κ2) is 6.38. The number of benzene rings is 2. The molecule has 27 heavy (non-hydrogen) atoms. The molecule has 0 unspecified atom stereocenters. The zero-order valence-electron chi connectivity index (χ0n) is 13.8. The molecule has 3 aromatic rings. The van der Waals surface area contributed by atoms with Gasteiger partial charge in [-0.3, -0.25) is 14.9 Å². The number of aromatic amines is 1. The van der Waals surface area contributed by atoms with Gasteiger partial charge in [-0.05, 0) is 23.3 Å². The molecule has 7 nitrogen and oxygen atoms in total. The lowest BCUT2D eigenvalue weighted by atomic mass is 9.90. The number of nitro groups is 1. The highest BCUT2D eigenvalue weighted by Crippen LogP contribution is 2.31. The van der Waals surface area contributed by atoms with Crippen molar-refractivity contribution in [2.45, 2.75) is 0 Å². The number of hydrogen-bond donors (Lipinski definition) is 1. The van der Waals surface area contributed by atoms with Crippen molar-refractivity contribution in [3.63, 3.8) is 0 Å². The minimum Gasteiger partial charge on any atom is -0.338 e. The van der Waals surface area contributed by atoms with Crippen LogP contribution in [0.25, 0.3) is 29.0 Å². The maximum atomic E-state index is 12.4. The summed E-state index contributed by atoms with van der Waals surface area (Å²) in [6.07, 6.45) is 4.62. The Morgan fingerprint density at radius 3 is 2.67 bits per heavy atom. The van der Waals surface area contributed by atoms with Crippen molar-refractivity contribution in [2.75, 3.05) is 0 Å². The minimum atomic E-state index is -0.663. The third-order valence-electron chi connectivity index (χ3n) is 4.30. The van der Waals surface area contributed by atoms with Crippen LogP contribution >= 0.6 is 0 Å². The second-order valence-corrected chi connectivity index (χ2v) is 5.93. The quantitative estimate of drug-likeness (QED) is 0.436. The molecule has 0 saturated heterocycles. The fraction of sp³-hybridized carbons (Fsp3) is 0. The Morgan fingerprint density at radius 1 is 1.04 bits per heavy atom. The fourth-order valence-electron chi connectivity index (χ4n) is 3.00. The summed E-state index contributed by atoms with van der Waals surface area (Å²) in [7, 11) is 0. The molecule has 0 aliphatic heterocycles. The van der Waals surface area contributed by atoms with Crippen molar-refractivity contribution < 1.29 is 14.2 Å². The van der Waals surface area contributed by atoms with E-state index < -0.39 is 10.5 Å². The largest absolute Gasteiger partial charge is 0.365 e. The van der Waals surface area contributed by atoms with Crippen LogP contribution in [0, 0.1) is 10.1 Å². The number of carbonyl (C=O) groups excluding carboxylic acids is 1. The molecule has 1 aliphatic rings. The zero-order chi connectivity index (χ0) is 19.0. The Kier molecular flexibility index (Phi) is 3.89. The van der Waals surface area contributed by atoms with E-state index in [0.717, 1.165) is 5.56 Å². The molecule has 1 N–H and O–H groups in total. The number of rotatable bonds is 3. The predicted molar refractivity (Wildman–Crippen MR) is 99.8 cm³/mol. The Labute approximate surface area is 152 Å². The van der Waals surface area contributed by atoms with Crippen LogP contribution in [0.5, 0.6) is 0 Å². The van der Waals surface area contributed by atoms with Crippen LogP contribution in [-0.2, 0) is 4.79 Å². The van der Waals surface area contributed by atoms with Gasteiger partial charge in [-0.2, -0.15) is 0 Å². The van der Waals surface area contributed by atoms with Gasteiger partial charge in [-0.15, -0.1) is 0 Å². The van der Waals surface area contributed by atoms with E-state index in [-0.39, 0.29) is 22.7 Å². The monoisotopic (exact) mass is 360 g/mol. The molecule has 0 atom stereocenters. The van der Waals surface area contributed by atoms with Gasteiger partial charge in [0.1, 0.15) is 0 Å². The van der Waals surface area contributed by atoms with Gasteiger partial charge < -0.3 is 4.52 Å². The van der Waals surface area contributed by atoms with Gasteiger partial charge in [0.25, 0.3) is 5.69 Å². The standard InChI is InChI=1S/C20H12N2O5/c23-18-9-8-12-4-1-2-7-15(12)16(18)11-17-19(21-27-20(17)24)13-5-3-6-14(10-13)22(25)26/h1-11,21H/b16-11-. The van der Waals surface area contributed by atoms with E-state index in [4.69, 9.17) is 4.52 Å². The van der Waals surface area contributed by atoms with Crippen molar-refractivity contribution in [3.8, 4) is 11.3 Å². The van der Waals surface area contributed by atoms with Gasteiger partial charge in [0.05, 0.1) is 16.2 Å². The van der Waals surface area contributed by atoms with Crippen LogP contribution in [0.3, 0.4) is 0 Å². The number of carbonyl (C=O) groups is 1. The Bertz CT molecular complexity index is 1200. The number of aromatic nitrogens is 1. The Morgan fingerprint density at radius 2 is 1.85 bits per heavy atom. The molecule has 0 bridgehead atoms. The number of nitro benzene ring substituents is 1. The van der Waals surface area contributed by atoms with Gasteiger partial charge in [-0.25, -0.2) is 9.95 Å². The molecule has 1 aromatic heterocycles. The zero-order valence-corrected chi connectivity index (χ0v) is 13.8. The molecule has 0 spiro atoms. The summed E-state index contributed by atoms with van der Waals surface area (Å²) < 4.78 is 4.89. The van der Waals surface area contributed by atoms with Crippen molar-refractivity contribution in [1.82, 2.24) is 5.16 Å². The number of ketones is 1. The van der Waals surface area contributed by atoms with E-state index in [2.05, 4.69) is 5.16 Å². The first kappa shape index (κ1) is 16.5. The average molecular weight is 360 g/mol. The highest BCUT2D eigenvalue weighted by molar-refractivity contribution is 6.33. The van der Waals surface area contributed by atoms with E-state index in [1.165, 1.54) is 30.4 Å². The fourth-order valence-corrected chi connectivity index (χ4v) is 3.00. The number of nitrogens with one attached hydrogen (secondary N) is 1. The van der Waals surface area contributed by atoms with Crippen LogP contribution in [0.1, 0.15) is 16.7 Å². The summed E-state index contributed by atoms with van der Waals surface area (Å²) in [6, 6.07) is 13.1. The van der Waals surface area contributed by atoms with Crippen LogP contribution in [0.15, 0.2) is 63.9 Å². The molecular weight excluding hydrogens is 348 g/mol. The van der Waals surface area contributed by atoms with Crippen molar-refractivity contribution in [3.05, 3.63) is 91.8 Å². The smallest absolute Gasteiger partial charge is 0.338 e. The lowest BCUT2D eigenvalue weighted by Gasteiger charge is -2.12. The van der Waals surface area contributed by atoms with Crippen molar-refractivity contribution >= 4 is 29.2 Å². The van der Waals surface area contributed by atoms with E-state index >= 15 is 0 Å². The molecule has 0 saturated carbocycles. The topological polar surface area (TPSA) is 106 Å². The van der Waals surface area contributed by atoms with Gasteiger partial charge in [0.2, 0.25) is 0 Å². The van der Waals surface area contributed by atoms with E-state index in [0.29, 0.717) is 16.7 Å². The summed E-state index contributed by atoms with van der Waals surface area (Å²) in [6.45, 7) is 0. The SMILES string of the molecule is O=C1C=Cc2ccccc2/C1=C/c1c(-c2cccc([N+](=O)[O-])c2)[nH]oc1=O. The first-order valence-electron chi connectivity index (χ1n) is 8.04. The summed E-state index contributed by atoms with van der Waals surface area (Å²) >= 11 is 0. The van der Waals surface area contributed by atoms with Gasteiger partial charge in [0.15, 0.2) is 5.78 Å². The second-order valence-electron chi connectivity index (χ2n) is 5.93. The minimum absolute atomic E-state index is 0.116. The van der Waals surface area contributed by atoms with Crippen LogP contribution in [0.4, 0.5) is 5.69 Å². The molecule has 132 valence electrons. The maximum absolute atomic E-state index is 12.4. The van der Waals surface area contributed by atoms with E-state index in [9.17, 15) is 19.7 Å². The maximum Gasteiger partial charge on any atom is 0.365 e. The molecule has 1 aliphatic carbocycles. The lowest BCUT2D eigenvalue weighted by molar-refractivity contribution is -0.384.